The van der Waals surface area contributed by atoms with Crippen LogP contribution in [0.2, 0.25) is 0 Å². The Bertz CT molecular complexity index is 4100. The van der Waals surface area contributed by atoms with Crippen LogP contribution in [-0.2, 0) is 10.8 Å². The van der Waals surface area contributed by atoms with Crippen molar-refractivity contribution in [3.05, 3.63) is 289 Å². The smallest absolute Gasteiger partial charge is 0.0159 e. The molecule has 0 fully saturated rings. The number of hydrogen-bond donors (Lipinski definition) is 0. The molecule has 0 saturated carbocycles. The summed E-state index contributed by atoms with van der Waals surface area (Å²) in [6, 6.07) is 42.5. The Morgan fingerprint density at radius 3 is 1.26 bits per heavy atom. The van der Waals surface area contributed by atoms with Crippen LogP contribution in [0.1, 0.15) is 112 Å². The van der Waals surface area contributed by atoms with Crippen LogP contribution in [0.3, 0.4) is 0 Å². The van der Waals surface area contributed by atoms with Crippen molar-refractivity contribution in [1.82, 2.24) is 0 Å². The Morgan fingerprint density at radius 1 is 0.355 bits per heavy atom. The largest absolute Gasteiger partial charge is 0.0842 e. The number of fused-ring (bicyclic) bond motifs is 9. The number of hydrogen-bond acceptors (Lipinski definition) is 0. The topological polar surface area (TPSA) is 0 Å². The summed E-state index contributed by atoms with van der Waals surface area (Å²) >= 11 is 0. The first-order valence-electron chi connectivity index (χ1n) is 28.6. The van der Waals surface area contributed by atoms with Gasteiger partial charge in [0.25, 0.3) is 0 Å². The van der Waals surface area contributed by atoms with E-state index in [9.17, 15) is 0 Å². The van der Waals surface area contributed by atoms with Gasteiger partial charge in [-0.05, 0) is 196 Å². The summed E-state index contributed by atoms with van der Waals surface area (Å²) in [5.74, 6) is 1.35. The lowest BCUT2D eigenvalue weighted by molar-refractivity contribution is 0.646. The molecule has 0 heteroatoms. The molecular weight excluding hydrogens is 913 g/mol. The number of rotatable bonds is 6. The zero-order valence-corrected chi connectivity index (χ0v) is 44.6. The Balaban J connectivity index is 0.741. The molecule has 370 valence electrons. The molecule has 4 unspecified atom stereocenters. The fourth-order valence-electron chi connectivity index (χ4n) is 15.9. The first-order valence-corrected chi connectivity index (χ1v) is 28.6. The molecule has 0 aliphatic heterocycles. The lowest BCUT2D eigenvalue weighted by Crippen LogP contribution is -2.41. The Morgan fingerprint density at radius 2 is 0.789 bits per heavy atom. The molecule has 10 aliphatic rings. The fraction of sp³-hybridized carbons (Fsp3) is 0.237. The van der Waals surface area contributed by atoms with E-state index in [1.54, 1.807) is 5.57 Å². The van der Waals surface area contributed by atoms with Crippen LogP contribution in [0, 0.1) is 23.7 Å². The van der Waals surface area contributed by atoms with Crippen molar-refractivity contribution in [2.75, 3.05) is 0 Å². The van der Waals surface area contributed by atoms with E-state index in [4.69, 9.17) is 0 Å². The second-order valence-corrected chi connectivity index (χ2v) is 24.2. The van der Waals surface area contributed by atoms with E-state index >= 15 is 0 Å². The van der Waals surface area contributed by atoms with Gasteiger partial charge in [-0.1, -0.05) is 222 Å². The van der Waals surface area contributed by atoms with E-state index in [0.717, 1.165) is 51.4 Å². The lowest BCUT2D eigenvalue weighted by atomic mass is 9.67. The van der Waals surface area contributed by atoms with Gasteiger partial charge in [-0.25, -0.2) is 0 Å². The minimum atomic E-state index is -0.104. The van der Waals surface area contributed by atoms with Gasteiger partial charge in [0.15, 0.2) is 0 Å². The van der Waals surface area contributed by atoms with Crippen LogP contribution in [0.25, 0.3) is 50.1 Å². The normalized spacial score (nSPS) is 24.7. The average Bonchev–Trinajstić information content (AvgIpc) is 3.85. The maximum atomic E-state index is 2.61. The SMILES string of the molecule is CC1(C)C2=C(CCC(C3=c4ccccc4=C(C4=CC=C(c5ccc6c(c5)C(C)(C)c5cc(C7=CC=C(C8=c9ccccc9=C(C9=CC=CCC9)C9C=CC=CC89)CC7)ccc5-6)CC4)C4C=CC=CC34)=C2)c2ccccc21. The highest BCUT2D eigenvalue weighted by Gasteiger charge is 2.41. The molecule has 0 radical (unpaired) electrons. The highest BCUT2D eigenvalue weighted by molar-refractivity contribution is 5.90. The Kier molecular flexibility index (Phi) is 10.6. The van der Waals surface area contributed by atoms with E-state index in [1.807, 2.05) is 0 Å². The van der Waals surface area contributed by atoms with Gasteiger partial charge in [0.05, 0.1) is 0 Å². The summed E-state index contributed by atoms with van der Waals surface area (Å²) in [5, 5.41) is 5.70. The van der Waals surface area contributed by atoms with Crippen LogP contribution < -0.4 is 20.9 Å². The van der Waals surface area contributed by atoms with Crippen molar-refractivity contribution < 1.29 is 0 Å². The molecule has 10 aliphatic carbocycles. The predicted molar refractivity (Wildman–Crippen MR) is 320 cm³/mol. The van der Waals surface area contributed by atoms with Crippen molar-refractivity contribution in [3.63, 3.8) is 0 Å². The second kappa shape index (κ2) is 17.5. The first-order chi connectivity index (χ1) is 37.2. The van der Waals surface area contributed by atoms with E-state index in [0.29, 0.717) is 23.7 Å². The third-order valence-corrected chi connectivity index (χ3v) is 19.6. The zero-order valence-electron chi connectivity index (χ0n) is 44.6. The Labute approximate surface area is 449 Å². The van der Waals surface area contributed by atoms with Gasteiger partial charge in [-0.2, -0.15) is 0 Å². The average molecular weight is 979 g/mol. The van der Waals surface area contributed by atoms with Gasteiger partial charge in [-0.15, -0.1) is 0 Å². The van der Waals surface area contributed by atoms with Crippen molar-refractivity contribution in [1.29, 1.82) is 0 Å². The molecule has 5 aromatic carbocycles. The van der Waals surface area contributed by atoms with Gasteiger partial charge < -0.3 is 0 Å². The van der Waals surface area contributed by atoms with Crippen molar-refractivity contribution >= 4 is 39.0 Å². The number of benzene rings is 5. The van der Waals surface area contributed by atoms with Crippen molar-refractivity contribution in [2.24, 2.45) is 23.7 Å². The standard InChI is InChI=1S/C76H66/c1-75(2)67-29-17-16-20-55(67)56-43-40-54(46-70(56)75)74-65-27-14-12-25-63(65)73(64-26-13-15-28-66(64)74)51-36-32-48(33-37-51)53-39-42-58-57-41-38-52(44-68(57)76(3,4)69(58)45-53)47-30-34-50(35-31-47)72-61-23-10-8-21-59(61)71(49-18-6-5-7-19-49)60-22-9-11-24-62(60)72/h5-6,8-18,20-30,32,34,36,38-39,41-42,44-46,59,61,63,65H,7,19,31,33,35,37,40,43H2,1-4H3. The maximum absolute atomic E-state index is 2.61. The van der Waals surface area contributed by atoms with Gasteiger partial charge in [0.1, 0.15) is 0 Å². The molecule has 4 atom stereocenters. The van der Waals surface area contributed by atoms with E-state index in [1.165, 1.54) is 127 Å². The second-order valence-electron chi connectivity index (χ2n) is 24.2. The van der Waals surface area contributed by atoms with E-state index in [2.05, 4.69) is 234 Å². The zero-order chi connectivity index (χ0) is 50.9. The molecule has 76 heavy (non-hydrogen) atoms. The first kappa shape index (κ1) is 45.8. The predicted octanol–water partition coefficient (Wildman–Crippen LogP) is 15.7. The molecule has 0 aromatic heterocycles. The number of allylic oxidation sites excluding steroid dienone is 24. The molecule has 0 saturated heterocycles. The Hall–Kier alpha value is -7.54. The third kappa shape index (κ3) is 6.95. The molecule has 0 heterocycles. The van der Waals surface area contributed by atoms with Crippen LogP contribution in [0.5, 0.6) is 0 Å². The molecule has 0 amide bonds. The molecule has 0 N–H and O–H groups in total. The maximum Gasteiger partial charge on any atom is 0.0159 e. The van der Waals surface area contributed by atoms with E-state index in [-0.39, 0.29) is 10.8 Å². The van der Waals surface area contributed by atoms with Crippen LogP contribution in [0.4, 0.5) is 0 Å². The van der Waals surface area contributed by atoms with Crippen molar-refractivity contribution in [2.45, 2.75) is 89.9 Å². The molecule has 0 nitrogen and oxygen atoms in total. The van der Waals surface area contributed by atoms with Crippen LogP contribution >= 0.6 is 0 Å². The quantitative estimate of drug-likeness (QED) is 0.159. The van der Waals surface area contributed by atoms with Gasteiger partial charge >= 0.3 is 0 Å². The molecular formula is C76H66. The summed E-state index contributed by atoms with van der Waals surface area (Å²) in [7, 11) is 0. The van der Waals surface area contributed by atoms with Gasteiger partial charge in [0, 0.05) is 34.5 Å². The fourth-order valence-corrected chi connectivity index (χ4v) is 15.9. The third-order valence-electron chi connectivity index (χ3n) is 19.6. The molecule has 15 rings (SSSR count). The minimum Gasteiger partial charge on any atom is -0.0842 e. The summed E-state index contributed by atoms with van der Waals surface area (Å²) in [5.41, 5.74) is 29.4. The van der Waals surface area contributed by atoms with E-state index < -0.39 is 0 Å². The summed E-state index contributed by atoms with van der Waals surface area (Å²) in [6.07, 6.45) is 47.1. The lowest BCUT2D eigenvalue weighted by Gasteiger charge is -2.36. The van der Waals surface area contributed by atoms with Crippen LogP contribution in [0.15, 0.2) is 234 Å². The van der Waals surface area contributed by atoms with Crippen LogP contribution in [-0.4, -0.2) is 0 Å². The van der Waals surface area contributed by atoms with Gasteiger partial charge in [-0.3, -0.25) is 0 Å². The van der Waals surface area contributed by atoms with Crippen molar-refractivity contribution in [3.8, 4) is 11.1 Å². The molecule has 0 spiro atoms. The minimum absolute atomic E-state index is 0.00869. The highest BCUT2D eigenvalue weighted by atomic mass is 14.4. The summed E-state index contributed by atoms with van der Waals surface area (Å²) in [6.45, 7) is 9.77. The molecule has 0 bridgehead atoms. The highest BCUT2D eigenvalue weighted by Crippen LogP contribution is 2.55. The summed E-state index contributed by atoms with van der Waals surface area (Å²) in [4.78, 5) is 0. The summed E-state index contributed by atoms with van der Waals surface area (Å²) < 4.78 is 0. The monoisotopic (exact) mass is 979 g/mol. The molecule has 5 aromatic rings. The van der Waals surface area contributed by atoms with Gasteiger partial charge in [0.2, 0.25) is 0 Å².